The van der Waals surface area contributed by atoms with E-state index in [-0.39, 0.29) is 6.42 Å². The second-order valence-electron chi connectivity index (χ2n) is 7.98. The summed E-state index contributed by atoms with van der Waals surface area (Å²) in [6, 6.07) is -3.73. The first kappa shape index (κ1) is 30.2. The van der Waals surface area contributed by atoms with Gasteiger partial charge in [-0.3, -0.25) is 19.2 Å². The molecule has 35 heavy (non-hydrogen) atoms. The number of carbonyl (C=O) groups is 5. The summed E-state index contributed by atoms with van der Waals surface area (Å²) in [6.07, 6.45) is -7.05. The van der Waals surface area contributed by atoms with Crippen molar-refractivity contribution in [1.82, 2.24) is 16.0 Å². The number of aliphatic hydroxyl groups excluding tert-OH is 2. The minimum Gasteiger partial charge on any atom is -0.481 e. The van der Waals surface area contributed by atoms with Gasteiger partial charge in [0.15, 0.2) is 6.29 Å². The third-order valence-electron chi connectivity index (χ3n) is 5.20. The molecule has 15 heteroatoms. The van der Waals surface area contributed by atoms with Gasteiger partial charge in [0, 0.05) is 20.5 Å². The third-order valence-corrected chi connectivity index (χ3v) is 5.20. The number of hydrogen-bond donors (Lipinski definition) is 7. The van der Waals surface area contributed by atoms with E-state index in [9.17, 15) is 34.2 Å². The Kier molecular flexibility index (Phi) is 12.0. The lowest BCUT2D eigenvalue weighted by molar-refractivity contribution is -0.273. The average molecular weight is 507 g/mol. The van der Waals surface area contributed by atoms with E-state index in [0.717, 1.165) is 0 Å². The van der Waals surface area contributed by atoms with Gasteiger partial charge in [0.05, 0.1) is 6.61 Å². The van der Waals surface area contributed by atoms with Crippen LogP contribution in [0.5, 0.6) is 0 Å². The van der Waals surface area contributed by atoms with Crippen LogP contribution in [-0.4, -0.2) is 113 Å². The smallest absolute Gasteiger partial charge is 0.326 e. The summed E-state index contributed by atoms with van der Waals surface area (Å²) in [4.78, 5) is 58.5. The Balaban J connectivity index is 2.85. The number of methoxy groups -OCH3 is 1. The third kappa shape index (κ3) is 9.03. The molecule has 0 aromatic carbocycles. The van der Waals surface area contributed by atoms with Crippen molar-refractivity contribution in [3.05, 3.63) is 0 Å². The highest BCUT2D eigenvalue weighted by Gasteiger charge is 2.47. The zero-order valence-corrected chi connectivity index (χ0v) is 19.8. The Labute approximate surface area is 201 Å². The van der Waals surface area contributed by atoms with E-state index in [4.69, 9.17) is 24.4 Å². The fourth-order valence-corrected chi connectivity index (χ4v) is 3.34. The maximum Gasteiger partial charge on any atom is 0.326 e. The Morgan fingerprint density at radius 1 is 1.06 bits per heavy atom. The van der Waals surface area contributed by atoms with Gasteiger partial charge in [-0.25, -0.2) is 4.79 Å². The summed E-state index contributed by atoms with van der Waals surface area (Å²) >= 11 is 0. The maximum absolute atomic E-state index is 12.6. The molecule has 0 saturated carbocycles. The molecule has 0 spiro atoms. The van der Waals surface area contributed by atoms with Crippen molar-refractivity contribution in [2.75, 3.05) is 13.7 Å². The zero-order chi connectivity index (χ0) is 26.9. The first-order chi connectivity index (χ1) is 16.3. The summed E-state index contributed by atoms with van der Waals surface area (Å²) in [5.41, 5.74) is 0. The van der Waals surface area contributed by atoms with Gasteiger partial charge in [0.1, 0.15) is 42.5 Å². The van der Waals surface area contributed by atoms with Gasteiger partial charge in [0.2, 0.25) is 17.7 Å². The predicted molar refractivity (Wildman–Crippen MR) is 115 cm³/mol. The zero-order valence-electron chi connectivity index (χ0n) is 19.8. The Morgan fingerprint density at radius 3 is 2.17 bits per heavy atom. The number of rotatable bonds is 13. The van der Waals surface area contributed by atoms with Gasteiger partial charge in [-0.2, -0.15) is 0 Å². The molecule has 1 aliphatic heterocycles. The molecule has 0 unspecified atom stereocenters. The molecule has 1 saturated heterocycles. The lowest BCUT2D eigenvalue weighted by atomic mass is 9.96. The first-order valence-corrected chi connectivity index (χ1v) is 10.8. The topological polar surface area (TPSA) is 230 Å². The summed E-state index contributed by atoms with van der Waals surface area (Å²) in [5, 5.41) is 44.9. The second kappa shape index (κ2) is 13.9. The monoisotopic (exact) mass is 507 g/mol. The summed E-state index contributed by atoms with van der Waals surface area (Å²) < 4.78 is 16.3. The molecule has 7 N–H and O–H groups in total. The van der Waals surface area contributed by atoms with Crippen molar-refractivity contribution >= 4 is 29.7 Å². The van der Waals surface area contributed by atoms with Gasteiger partial charge in [-0.15, -0.1) is 0 Å². The number of aliphatic hydroxyl groups is 2. The van der Waals surface area contributed by atoms with Crippen LogP contribution in [-0.2, 0) is 38.2 Å². The molecule has 0 aromatic rings. The van der Waals surface area contributed by atoms with Crippen molar-refractivity contribution < 1.29 is 58.6 Å². The highest BCUT2D eigenvalue weighted by Crippen LogP contribution is 2.25. The highest BCUT2D eigenvalue weighted by atomic mass is 16.7. The molecule has 0 aromatic heterocycles. The van der Waals surface area contributed by atoms with E-state index in [1.54, 1.807) is 0 Å². The molecule has 200 valence electrons. The Hall–Kier alpha value is -2.85. The van der Waals surface area contributed by atoms with Gasteiger partial charge < -0.3 is 50.6 Å². The largest absolute Gasteiger partial charge is 0.481 e. The van der Waals surface area contributed by atoms with E-state index in [0.29, 0.717) is 0 Å². The van der Waals surface area contributed by atoms with E-state index >= 15 is 0 Å². The lowest BCUT2D eigenvalue weighted by Crippen LogP contribution is -2.66. The summed E-state index contributed by atoms with van der Waals surface area (Å²) in [6.45, 7) is 3.21. The molecule has 15 nitrogen and oxygen atoms in total. The van der Waals surface area contributed by atoms with Crippen LogP contribution < -0.4 is 16.0 Å². The van der Waals surface area contributed by atoms with Crippen molar-refractivity contribution in [2.45, 2.75) is 82.4 Å². The molecule has 1 rings (SSSR count). The van der Waals surface area contributed by atoms with Gasteiger partial charge in [-0.1, -0.05) is 0 Å². The standard InChI is InChI=1S/C20H33N3O12/c1-8(17(29)23-11(19(31)32)5-6-13(26)27)21-18(30)9(2)34-16-14(22-10(3)25)20(33-4)35-12(7-24)15(16)28/h8-9,11-12,14-16,20,24,28H,5-7H2,1-4H3,(H,21,30)(H,22,25)(H,23,29)(H,26,27)(H,31,32)/t8-,9+,11+,12+,14+,15+,16+,20-/m0/s1. The quantitative estimate of drug-likeness (QED) is 0.132. The van der Waals surface area contributed by atoms with Crippen molar-refractivity contribution in [2.24, 2.45) is 0 Å². The van der Waals surface area contributed by atoms with E-state index in [2.05, 4.69) is 16.0 Å². The van der Waals surface area contributed by atoms with Crippen LogP contribution in [0, 0.1) is 0 Å². The maximum atomic E-state index is 12.6. The minimum absolute atomic E-state index is 0.352. The SMILES string of the molecule is CO[C@H]1O[C@H](CO)[C@@H](O)[C@H](O[C@H](C)C(=O)N[C@@H](C)C(=O)N[C@H](CCC(=O)O)C(=O)O)[C@H]1NC(C)=O. The summed E-state index contributed by atoms with van der Waals surface area (Å²) in [5.74, 6) is -4.84. The highest BCUT2D eigenvalue weighted by molar-refractivity contribution is 5.91. The number of carbonyl (C=O) groups excluding carboxylic acids is 3. The number of carboxylic acid groups (broad SMARTS) is 2. The van der Waals surface area contributed by atoms with Crippen molar-refractivity contribution in [3.8, 4) is 0 Å². The summed E-state index contributed by atoms with van der Waals surface area (Å²) in [7, 11) is 1.28. The molecular formula is C20H33N3O12. The van der Waals surface area contributed by atoms with Crippen LogP contribution in [0.3, 0.4) is 0 Å². The fourth-order valence-electron chi connectivity index (χ4n) is 3.34. The molecule has 8 atom stereocenters. The van der Waals surface area contributed by atoms with Crippen LogP contribution in [0.2, 0.25) is 0 Å². The predicted octanol–water partition coefficient (Wildman–Crippen LogP) is -3.07. The molecule has 1 heterocycles. The van der Waals surface area contributed by atoms with Crippen LogP contribution in [0.25, 0.3) is 0 Å². The molecular weight excluding hydrogens is 474 g/mol. The van der Waals surface area contributed by atoms with Crippen molar-refractivity contribution in [1.29, 1.82) is 0 Å². The Morgan fingerprint density at radius 2 is 1.69 bits per heavy atom. The second-order valence-corrected chi connectivity index (χ2v) is 7.98. The average Bonchev–Trinajstić information content (AvgIpc) is 2.77. The van der Waals surface area contributed by atoms with E-state index in [1.165, 1.54) is 27.9 Å². The molecule has 0 aliphatic carbocycles. The van der Waals surface area contributed by atoms with E-state index < -0.39 is 91.5 Å². The minimum atomic E-state index is -1.47. The van der Waals surface area contributed by atoms with Crippen molar-refractivity contribution in [3.63, 3.8) is 0 Å². The number of ether oxygens (including phenoxy) is 3. The molecule has 0 bridgehead atoms. The van der Waals surface area contributed by atoms with E-state index in [1.807, 2.05) is 0 Å². The van der Waals surface area contributed by atoms with Crippen LogP contribution in [0.15, 0.2) is 0 Å². The molecule has 3 amide bonds. The Bertz CT molecular complexity index is 778. The number of aliphatic carboxylic acids is 2. The number of amides is 3. The molecule has 1 aliphatic rings. The number of nitrogens with one attached hydrogen (secondary N) is 3. The first-order valence-electron chi connectivity index (χ1n) is 10.8. The lowest BCUT2D eigenvalue weighted by Gasteiger charge is -2.44. The van der Waals surface area contributed by atoms with Gasteiger partial charge >= 0.3 is 11.9 Å². The van der Waals surface area contributed by atoms with Crippen LogP contribution in [0.1, 0.15) is 33.6 Å². The number of hydrogen-bond acceptors (Lipinski definition) is 10. The van der Waals surface area contributed by atoms with Gasteiger partial charge in [-0.05, 0) is 20.3 Å². The fraction of sp³-hybridized carbons (Fsp3) is 0.750. The van der Waals surface area contributed by atoms with Gasteiger partial charge in [0.25, 0.3) is 0 Å². The van der Waals surface area contributed by atoms with Crippen LogP contribution >= 0.6 is 0 Å². The van der Waals surface area contributed by atoms with Crippen LogP contribution in [0.4, 0.5) is 0 Å². The molecule has 1 fully saturated rings. The molecule has 0 radical (unpaired) electrons. The normalized spacial score (nSPS) is 26.6. The number of carboxylic acids is 2.